The lowest BCUT2D eigenvalue weighted by molar-refractivity contribution is -0.139. The summed E-state index contributed by atoms with van der Waals surface area (Å²) in [6.45, 7) is 9.99. The Morgan fingerprint density at radius 3 is 1.95 bits per heavy atom. The first-order valence-electron chi connectivity index (χ1n) is 7.11. The van der Waals surface area contributed by atoms with Crippen LogP contribution in [0.3, 0.4) is 0 Å². The minimum atomic E-state index is -0.987. The van der Waals surface area contributed by atoms with Crippen LogP contribution in [0.2, 0.25) is 0 Å². The summed E-state index contributed by atoms with van der Waals surface area (Å²) in [5.74, 6) is -0.351. The van der Waals surface area contributed by atoms with E-state index in [2.05, 4.69) is 24.5 Å². The van der Waals surface area contributed by atoms with Gasteiger partial charge in [-0.15, -0.1) is 0 Å². The lowest BCUT2D eigenvalue weighted by atomic mass is 9.96. The van der Waals surface area contributed by atoms with Gasteiger partial charge in [-0.05, 0) is 25.2 Å². The Hall–Kier alpha value is -1.26. The second kappa shape index (κ2) is 8.77. The van der Waals surface area contributed by atoms with Crippen molar-refractivity contribution in [2.45, 2.75) is 66.0 Å². The number of urea groups is 1. The summed E-state index contributed by atoms with van der Waals surface area (Å²) < 4.78 is 0. The Bertz CT molecular complexity index is 288. The standard InChI is InChI=1S/C14H28N2O3/c1-6-11(7-2)10(5)15-14(19)16-12(13(17)18)8-9(3)4/h9-12H,6-8H2,1-5H3,(H,17,18)(H2,15,16,19). The summed E-state index contributed by atoms with van der Waals surface area (Å²) in [6, 6.07) is -1.18. The topological polar surface area (TPSA) is 78.4 Å². The average Bonchev–Trinajstić information content (AvgIpc) is 2.28. The van der Waals surface area contributed by atoms with Gasteiger partial charge in [0.05, 0.1) is 0 Å². The molecule has 0 aromatic heterocycles. The summed E-state index contributed by atoms with van der Waals surface area (Å²) in [6.07, 6.45) is 2.42. The van der Waals surface area contributed by atoms with Gasteiger partial charge in [-0.1, -0.05) is 40.5 Å². The van der Waals surface area contributed by atoms with E-state index in [-0.39, 0.29) is 12.0 Å². The maximum atomic E-state index is 11.8. The summed E-state index contributed by atoms with van der Waals surface area (Å²) in [7, 11) is 0. The van der Waals surface area contributed by atoms with Crippen LogP contribution < -0.4 is 10.6 Å². The van der Waals surface area contributed by atoms with Crippen molar-refractivity contribution in [2.24, 2.45) is 11.8 Å². The molecule has 0 saturated carbocycles. The van der Waals surface area contributed by atoms with E-state index in [1.165, 1.54) is 0 Å². The minimum absolute atomic E-state index is 0.0449. The van der Waals surface area contributed by atoms with Crippen LogP contribution >= 0.6 is 0 Å². The molecule has 0 bridgehead atoms. The molecule has 0 radical (unpaired) electrons. The number of carbonyl (C=O) groups excluding carboxylic acids is 1. The molecule has 2 atom stereocenters. The molecule has 112 valence electrons. The van der Waals surface area contributed by atoms with Gasteiger partial charge in [0.25, 0.3) is 0 Å². The highest BCUT2D eigenvalue weighted by Crippen LogP contribution is 2.12. The molecule has 0 aliphatic rings. The number of carbonyl (C=O) groups is 2. The molecule has 0 saturated heterocycles. The molecule has 0 fully saturated rings. The van der Waals surface area contributed by atoms with E-state index >= 15 is 0 Å². The van der Waals surface area contributed by atoms with E-state index < -0.39 is 18.0 Å². The SMILES string of the molecule is CCC(CC)C(C)NC(=O)NC(CC(C)C)C(=O)O. The van der Waals surface area contributed by atoms with E-state index in [4.69, 9.17) is 5.11 Å². The third kappa shape index (κ3) is 7.03. The summed E-state index contributed by atoms with van der Waals surface area (Å²) >= 11 is 0. The molecule has 2 unspecified atom stereocenters. The first kappa shape index (κ1) is 17.7. The van der Waals surface area contributed by atoms with Crippen molar-refractivity contribution in [1.29, 1.82) is 0 Å². The predicted molar refractivity (Wildman–Crippen MR) is 76.1 cm³/mol. The van der Waals surface area contributed by atoms with Crippen LogP contribution in [0.1, 0.15) is 53.9 Å². The molecule has 3 N–H and O–H groups in total. The zero-order valence-electron chi connectivity index (χ0n) is 12.7. The van der Waals surface area contributed by atoms with Gasteiger partial charge >= 0.3 is 12.0 Å². The van der Waals surface area contributed by atoms with Crippen molar-refractivity contribution in [3.8, 4) is 0 Å². The van der Waals surface area contributed by atoms with Crippen molar-refractivity contribution >= 4 is 12.0 Å². The number of carboxylic acid groups (broad SMARTS) is 1. The molecule has 2 amide bonds. The molecular weight excluding hydrogens is 244 g/mol. The highest BCUT2D eigenvalue weighted by molar-refractivity contribution is 5.82. The molecule has 0 rings (SSSR count). The van der Waals surface area contributed by atoms with Crippen LogP contribution in [0.4, 0.5) is 4.79 Å². The van der Waals surface area contributed by atoms with Gasteiger partial charge in [-0.25, -0.2) is 9.59 Å². The maximum absolute atomic E-state index is 11.8. The van der Waals surface area contributed by atoms with Crippen LogP contribution in [-0.4, -0.2) is 29.2 Å². The molecular formula is C14H28N2O3. The number of amides is 2. The van der Waals surface area contributed by atoms with Gasteiger partial charge in [-0.3, -0.25) is 0 Å². The number of hydrogen-bond acceptors (Lipinski definition) is 2. The molecule has 5 heteroatoms. The Kier molecular flexibility index (Phi) is 8.19. The van der Waals surface area contributed by atoms with E-state index in [9.17, 15) is 9.59 Å². The zero-order valence-corrected chi connectivity index (χ0v) is 12.7. The van der Waals surface area contributed by atoms with Crippen LogP contribution in [-0.2, 0) is 4.79 Å². The van der Waals surface area contributed by atoms with Gasteiger partial charge in [-0.2, -0.15) is 0 Å². The summed E-state index contributed by atoms with van der Waals surface area (Å²) in [5, 5.41) is 14.4. The van der Waals surface area contributed by atoms with Crippen molar-refractivity contribution in [3.05, 3.63) is 0 Å². The highest BCUT2D eigenvalue weighted by atomic mass is 16.4. The van der Waals surface area contributed by atoms with Crippen LogP contribution in [0, 0.1) is 11.8 Å². The highest BCUT2D eigenvalue weighted by Gasteiger charge is 2.22. The number of hydrogen-bond donors (Lipinski definition) is 3. The fourth-order valence-corrected chi connectivity index (χ4v) is 2.21. The van der Waals surface area contributed by atoms with Gasteiger partial charge in [0.2, 0.25) is 0 Å². The van der Waals surface area contributed by atoms with E-state index in [1.54, 1.807) is 0 Å². The molecule has 0 spiro atoms. The first-order chi connectivity index (χ1) is 8.81. The number of nitrogens with one attached hydrogen (secondary N) is 2. The molecule has 0 aliphatic heterocycles. The largest absolute Gasteiger partial charge is 0.480 e. The molecule has 0 aromatic carbocycles. The van der Waals surface area contributed by atoms with Gasteiger partial charge in [0.1, 0.15) is 6.04 Å². The monoisotopic (exact) mass is 272 g/mol. The number of carboxylic acids is 1. The quantitative estimate of drug-likeness (QED) is 0.635. The fraction of sp³-hybridized carbons (Fsp3) is 0.857. The van der Waals surface area contributed by atoms with Crippen LogP contribution in [0.5, 0.6) is 0 Å². The lowest BCUT2D eigenvalue weighted by Gasteiger charge is -2.24. The van der Waals surface area contributed by atoms with Crippen molar-refractivity contribution < 1.29 is 14.7 Å². The minimum Gasteiger partial charge on any atom is -0.480 e. The van der Waals surface area contributed by atoms with E-state index in [1.807, 2.05) is 20.8 Å². The van der Waals surface area contributed by atoms with Crippen molar-refractivity contribution in [2.75, 3.05) is 0 Å². The Labute approximate surface area is 116 Å². The summed E-state index contributed by atoms with van der Waals surface area (Å²) in [5.41, 5.74) is 0. The third-order valence-electron chi connectivity index (χ3n) is 3.43. The van der Waals surface area contributed by atoms with Crippen molar-refractivity contribution in [3.63, 3.8) is 0 Å². The Morgan fingerprint density at radius 1 is 1.05 bits per heavy atom. The number of aliphatic carboxylic acids is 1. The average molecular weight is 272 g/mol. The van der Waals surface area contributed by atoms with Crippen molar-refractivity contribution in [1.82, 2.24) is 10.6 Å². The number of rotatable bonds is 8. The van der Waals surface area contributed by atoms with Gasteiger partial charge in [0, 0.05) is 6.04 Å². The fourth-order valence-electron chi connectivity index (χ4n) is 2.21. The molecule has 0 heterocycles. The smallest absolute Gasteiger partial charge is 0.326 e. The Morgan fingerprint density at radius 2 is 1.58 bits per heavy atom. The van der Waals surface area contributed by atoms with Gasteiger partial charge < -0.3 is 15.7 Å². The molecule has 0 aromatic rings. The maximum Gasteiger partial charge on any atom is 0.326 e. The molecule has 5 nitrogen and oxygen atoms in total. The normalized spacial score (nSPS) is 14.3. The second-order valence-corrected chi connectivity index (χ2v) is 5.50. The van der Waals surface area contributed by atoms with Crippen LogP contribution in [0.15, 0.2) is 0 Å². The zero-order chi connectivity index (χ0) is 15.0. The lowest BCUT2D eigenvalue weighted by Crippen LogP contribution is -2.50. The second-order valence-electron chi connectivity index (χ2n) is 5.50. The van der Waals surface area contributed by atoms with Gasteiger partial charge in [0.15, 0.2) is 0 Å². The summed E-state index contributed by atoms with van der Waals surface area (Å²) in [4.78, 5) is 22.9. The first-order valence-corrected chi connectivity index (χ1v) is 7.11. The predicted octanol–water partition coefficient (Wildman–Crippen LogP) is 2.61. The van der Waals surface area contributed by atoms with E-state index in [0.717, 1.165) is 12.8 Å². The van der Waals surface area contributed by atoms with E-state index in [0.29, 0.717) is 12.3 Å². The molecule has 0 aliphatic carbocycles. The van der Waals surface area contributed by atoms with Crippen LogP contribution in [0.25, 0.3) is 0 Å². The molecule has 19 heavy (non-hydrogen) atoms. The Balaban J connectivity index is 4.37. The third-order valence-corrected chi connectivity index (χ3v) is 3.43.